The lowest BCUT2D eigenvalue weighted by Crippen LogP contribution is -2.41. The number of benzene rings is 1. The number of halogens is 2. The van der Waals surface area contributed by atoms with Crippen LogP contribution in [0.25, 0.3) is 10.9 Å². The lowest BCUT2D eigenvalue weighted by molar-refractivity contribution is -0.126. The Hall–Kier alpha value is -3.16. The number of hydrogen-bond donors (Lipinski definition) is 1. The van der Waals surface area contributed by atoms with Crippen molar-refractivity contribution < 1.29 is 13.6 Å². The number of carbonyl (C=O) groups excluding carboxylic acids is 1. The first-order valence-corrected chi connectivity index (χ1v) is 8.11. The first kappa shape index (κ1) is 16.3. The van der Waals surface area contributed by atoms with Gasteiger partial charge in [-0.2, -0.15) is 0 Å². The second-order valence-corrected chi connectivity index (χ2v) is 6.19. The number of amides is 1. The fourth-order valence-corrected chi connectivity index (χ4v) is 3.09. The molecule has 2 aromatic heterocycles. The number of pyridine rings is 1. The van der Waals surface area contributed by atoms with Crippen molar-refractivity contribution in [2.24, 2.45) is 0 Å². The Morgan fingerprint density at radius 2 is 2.15 bits per heavy atom. The van der Waals surface area contributed by atoms with Gasteiger partial charge in [0.2, 0.25) is 5.67 Å². The fourth-order valence-electron chi connectivity index (χ4n) is 3.09. The summed E-state index contributed by atoms with van der Waals surface area (Å²) in [6.07, 6.45) is 4.37. The summed E-state index contributed by atoms with van der Waals surface area (Å²) in [5, 5.41) is 3.17. The zero-order valence-corrected chi connectivity index (χ0v) is 13.7. The number of aromatic nitrogens is 3. The normalized spacial score (nSPS) is 19.7. The van der Waals surface area contributed by atoms with Gasteiger partial charge in [-0.1, -0.05) is 0 Å². The summed E-state index contributed by atoms with van der Waals surface area (Å²) in [5.74, 6) is -0.625. The van der Waals surface area contributed by atoms with Crippen molar-refractivity contribution in [2.45, 2.75) is 12.1 Å². The van der Waals surface area contributed by atoms with Crippen LogP contribution in [0.5, 0.6) is 0 Å². The number of nitrogens with zero attached hydrogens (tertiary/aromatic N) is 4. The third kappa shape index (κ3) is 2.94. The lowest BCUT2D eigenvalue weighted by Gasteiger charge is -2.21. The molecule has 1 saturated heterocycles. The van der Waals surface area contributed by atoms with E-state index in [1.54, 1.807) is 29.3 Å². The molecule has 132 valence electrons. The number of alkyl halides is 1. The Kier molecular flexibility index (Phi) is 3.95. The number of nitrogens with one attached hydrogen (secondary N) is 1. The zero-order chi connectivity index (χ0) is 18.1. The van der Waals surface area contributed by atoms with Crippen LogP contribution in [0.4, 0.5) is 20.3 Å². The van der Waals surface area contributed by atoms with Gasteiger partial charge < -0.3 is 10.2 Å². The Morgan fingerprint density at radius 3 is 2.96 bits per heavy atom. The van der Waals surface area contributed by atoms with Crippen LogP contribution in [0, 0.1) is 5.82 Å². The van der Waals surface area contributed by atoms with Gasteiger partial charge in [0, 0.05) is 30.6 Å². The van der Waals surface area contributed by atoms with E-state index in [-0.39, 0.29) is 13.0 Å². The standard InChI is InChI=1S/C18H15F2N5O/c19-12-3-4-14-15(8-12)22-11-23-16(14)25-7-5-18(20,10-25)17(26)24-13-2-1-6-21-9-13/h1-4,6,8-9,11H,5,7,10H2,(H,24,26). The highest BCUT2D eigenvalue weighted by Gasteiger charge is 2.46. The maximum Gasteiger partial charge on any atom is 0.264 e. The Labute approximate surface area is 147 Å². The number of carbonyl (C=O) groups is 1. The van der Waals surface area contributed by atoms with Crippen LogP contribution in [0.2, 0.25) is 0 Å². The fraction of sp³-hybridized carbons (Fsp3) is 0.222. The maximum atomic E-state index is 15.2. The highest BCUT2D eigenvalue weighted by atomic mass is 19.1. The lowest BCUT2D eigenvalue weighted by atomic mass is 10.0. The molecule has 0 spiro atoms. The quantitative estimate of drug-likeness (QED) is 0.782. The maximum absolute atomic E-state index is 15.2. The van der Waals surface area contributed by atoms with Crippen molar-refractivity contribution in [3.8, 4) is 0 Å². The molecule has 1 N–H and O–H groups in total. The van der Waals surface area contributed by atoms with Gasteiger partial charge in [-0.3, -0.25) is 9.78 Å². The monoisotopic (exact) mass is 355 g/mol. The van der Waals surface area contributed by atoms with Gasteiger partial charge >= 0.3 is 0 Å². The zero-order valence-electron chi connectivity index (χ0n) is 13.7. The first-order chi connectivity index (χ1) is 12.5. The van der Waals surface area contributed by atoms with Crippen molar-refractivity contribution in [1.82, 2.24) is 15.0 Å². The summed E-state index contributed by atoms with van der Waals surface area (Å²) < 4.78 is 28.6. The molecule has 0 aliphatic carbocycles. The van der Waals surface area contributed by atoms with Crippen LogP contribution in [-0.4, -0.2) is 39.6 Å². The molecule has 26 heavy (non-hydrogen) atoms. The SMILES string of the molecule is O=C(Nc1cccnc1)C1(F)CCN(c2ncnc3cc(F)ccc23)C1. The summed E-state index contributed by atoms with van der Waals surface area (Å²) in [6.45, 7) is 0.184. The van der Waals surface area contributed by atoms with Gasteiger partial charge in [0.25, 0.3) is 5.91 Å². The molecule has 0 saturated carbocycles. The second-order valence-electron chi connectivity index (χ2n) is 6.19. The average molecular weight is 355 g/mol. The van der Waals surface area contributed by atoms with Crippen molar-refractivity contribution in [3.63, 3.8) is 0 Å². The van der Waals surface area contributed by atoms with Crippen molar-refractivity contribution in [3.05, 3.63) is 54.9 Å². The van der Waals surface area contributed by atoms with Gasteiger partial charge in [0.05, 0.1) is 23.9 Å². The summed E-state index contributed by atoms with van der Waals surface area (Å²) in [7, 11) is 0. The molecule has 6 nitrogen and oxygen atoms in total. The van der Waals surface area contributed by atoms with E-state index < -0.39 is 17.4 Å². The molecule has 1 aliphatic rings. The second kappa shape index (κ2) is 6.29. The van der Waals surface area contributed by atoms with E-state index in [4.69, 9.17) is 0 Å². The number of rotatable bonds is 3. The largest absolute Gasteiger partial charge is 0.352 e. The molecule has 1 fully saturated rings. The predicted molar refractivity (Wildman–Crippen MR) is 93.0 cm³/mol. The predicted octanol–water partition coefficient (Wildman–Crippen LogP) is 2.72. The van der Waals surface area contributed by atoms with Crippen molar-refractivity contribution in [1.29, 1.82) is 0 Å². The van der Waals surface area contributed by atoms with Gasteiger partial charge in [-0.05, 0) is 24.3 Å². The molecule has 0 radical (unpaired) electrons. The highest BCUT2D eigenvalue weighted by Crippen LogP contribution is 2.33. The number of anilines is 2. The van der Waals surface area contributed by atoms with Gasteiger partial charge in [-0.25, -0.2) is 18.7 Å². The minimum Gasteiger partial charge on any atom is -0.352 e. The molecular weight excluding hydrogens is 340 g/mol. The molecule has 1 atom stereocenters. The topological polar surface area (TPSA) is 71.0 Å². The molecule has 1 amide bonds. The van der Waals surface area contributed by atoms with Crippen LogP contribution < -0.4 is 10.2 Å². The summed E-state index contributed by atoms with van der Waals surface area (Å²) in [4.78, 5) is 26.2. The average Bonchev–Trinajstić information content (AvgIpc) is 3.05. The summed E-state index contributed by atoms with van der Waals surface area (Å²) in [6, 6.07) is 7.48. The number of hydrogen-bond acceptors (Lipinski definition) is 5. The van der Waals surface area contributed by atoms with Crippen LogP contribution >= 0.6 is 0 Å². The van der Waals surface area contributed by atoms with Crippen LogP contribution in [0.15, 0.2) is 49.1 Å². The Bertz CT molecular complexity index is 968. The molecule has 4 rings (SSSR count). The van der Waals surface area contributed by atoms with E-state index in [2.05, 4.69) is 20.3 Å². The Morgan fingerprint density at radius 1 is 1.27 bits per heavy atom. The van der Waals surface area contributed by atoms with Gasteiger partial charge in [0.1, 0.15) is 18.0 Å². The van der Waals surface area contributed by atoms with E-state index in [1.807, 2.05) is 0 Å². The molecule has 1 unspecified atom stereocenters. The Balaban J connectivity index is 1.57. The molecule has 1 aromatic carbocycles. The third-order valence-electron chi connectivity index (χ3n) is 4.42. The van der Waals surface area contributed by atoms with Crippen LogP contribution in [-0.2, 0) is 4.79 Å². The van der Waals surface area contributed by atoms with Gasteiger partial charge in [-0.15, -0.1) is 0 Å². The molecule has 3 aromatic rings. The molecule has 0 bridgehead atoms. The summed E-state index contributed by atoms with van der Waals surface area (Å²) in [5.41, 5.74) is -1.17. The third-order valence-corrected chi connectivity index (χ3v) is 4.42. The van der Waals surface area contributed by atoms with Crippen LogP contribution in [0.3, 0.4) is 0 Å². The highest BCUT2D eigenvalue weighted by molar-refractivity contribution is 5.98. The van der Waals surface area contributed by atoms with Crippen molar-refractivity contribution in [2.75, 3.05) is 23.3 Å². The number of fused-ring (bicyclic) bond motifs is 1. The van der Waals surface area contributed by atoms with E-state index in [9.17, 15) is 9.18 Å². The smallest absolute Gasteiger partial charge is 0.264 e. The minimum absolute atomic E-state index is 0.0335. The summed E-state index contributed by atoms with van der Waals surface area (Å²) >= 11 is 0. The minimum atomic E-state index is -2.05. The van der Waals surface area contributed by atoms with Crippen LogP contribution in [0.1, 0.15) is 6.42 Å². The molecule has 8 heteroatoms. The molecule has 3 heterocycles. The van der Waals surface area contributed by atoms with Gasteiger partial charge in [0.15, 0.2) is 0 Å². The van der Waals surface area contributed by atoms with Crippen molar-refractivity contribution >= 4 is 28.3 Å². The van der Waals surface area contributed by atoms with E-state index in [0.29, 0.717) is 29.0 Å². The molecule has 1 aliphatic heterocycles. The van der Waals surface area contributed by atoms with E-state index >= 15 is 4.39 Å². The first-order valence-electron chi connectivity index (χ1n) is 8.11. The van der Waals surface area contributed by atoms with E-state index in [1.165, 1.54) is 24.7 Å². The van der Waals surface area contributed by atoms with E-state index in [0.717, 1.165) is 0 Å². The molecular formula is C18H15F2N5O.